The molecule has 1 aromatic heterocycles. The van der Waals surface area contributed by atoms with Gasteiger partial charge in [0.15, 0.2) is 15.0 Å². The van der Waals surface area contributed by atoms with E-state index < -0.39 is 9.84 Å². The van der Waals surface area contributed by atoms with Gasteiger partial charge in [-0.2, -0.15) is 0 Å². The number of nitrogens with one attached hydrogen (secondary N) is 2. The van der Waals surface area contributed by atoms with Crippen LogP contribution in [0.2, 0.25) is 0 Å². The molecule has 6 nitrogen and oxygen atoms in total. The number of aromatic nitrogens is 1. The van der Waals surface area contributed by atoms with Crippen molar-refractivity contribution >= 4 is 32.3 Å². The van der Waals surface area contributed by atoms with Crippen molar-refractivity contribution in [3.05, 3.63) is 40.9 Å². The summed E-state index contributed by atoms with van der Waals surface area (Å²) in [6, 6.07) is 6.07. The third-order valence-corrected chi connectivity index (χ3v) is 5.46. The molecule has 0 aliphatic rings. The Kier molecular flexibility index (Phi) is 5.38. The van der Waals surface area contributed by atoms with Crippen LogP contribution >= 0.6 is 11.3 Å². The first-order valence-corrected chi connectivity index (χ1v) is 9.76. The SMILES string of the molecule is CC(C)c1cnc(NC(=O)NCc2ccc(S(C)(=O)=O)cc2)s1. The maximum Gasteiger partial charge on any atom is 0.321 e. The molecule has 1 aromatic carbocycles. The molecule has 0 saturated carbocycles. The van der Waals surface area contributed by atoms with Crippen LogP contribution in [0, 0.1) is 0 Å². The molecule has 0 bridgehead atoms. The maximum atomic E-state index is 11.8. The van der Waals surface area contributed by atoms with Gasteiger partial charge in [-0.3, -0.25) is 5.32 Å². The van der Waals surface area contributed by atoms with Gasteiger partial charge in [-0.1, -0.05) is 26.0 Å². The van der Waals surface area contributed by atoms with E-state index in [1.54, 1.807) is 18.3 Å². The van der Waals surface area contributed by atoms with Gasteiger partial charge in [0.2, 0.25) is 0 Å². The molecule has 0 saturated heterocycles. The minimum absolute atomic E-state index is 0.259. The van der Waals surface area contributed by atoms with Crippen molar-refractivity contribution in [1.29, 1.82) is 0 Å². The molecule has 124 valence electrons. The highest BCUT2D eigenvalue weighted by Crippen LogP contribution is 2.24. The molecule has 0 radical (unpaired) electrons. The van der Waals surface area contributed by atoms with E-state index in [1.165, 1.54) is 23.5 Å². The lowest BCUT2D eigenvalue weighted by Gasteiger charge is -2.06. The number of hydrogen-bond acceptors (Lipinski definition) is 5. The second-order valence-electron chi connectivity index (χ2n) is 5.45. The minimum Gasteiger partial charge on any atom is -0.334 e. The number of rotatable bonds is 5. The van der Waals surface area contributed by atoms with Crippen molar-refractivity contribution < 1.29 is 13.2 Å². The third-order valence-electron chi connectivity index (χ3n) is 3.12. The van der Waals surface area contributed by atoms with Gasteiger partial charge in [0.1, 0.15) is 0 Å². The van der Waals surface area contributed by atoms with E-state index >= 15 is 0 Å². The van der Waals surface area contributed by atoms with E-state index in [-0.39, 0.29) is 10.9 Å². The first-order valence-electron chi connectivity index (χ1n) is 7.05. The van der Waals surface area contributed by atoms with Crippen LogP contribution in [0.1, 0.15) is 30.2 Å². The topological polar surface area (TPSA) is 88.2 Å². The Morgan fingerprint density at radius 1 is 1.26 bits per heavy atom. The summed E-state index contributed by atoms with van der Waals surface area (Å²) in [4.78, 5) is 17.4. The summed E-state index contributed by atoms with van der Waals surface area (Å²) in [6.45, 7) is 4.44. The lowest BCUT2D eigenvalue weighted by molar-refractivity contribution is 0.251. The predicted molar refractivity (Wildman–Crippen MR) is 91.6 cm³/mol. The number of benzene rings is 1. The summed E-state index contributed by atoms with van der Waals surface area (Å²) in [6.07, 6.45) is 2.92. The number of carbonyl (C=O) groups is 1. The van der Waals surface area contributed by atoms with Gasteiger partial charge in [-0.15, -0.1) is 11.3 Å². The molecule has 0 aliphatic heterocycles. The normalized spacial score (nSPS) is 11.5. The molecular weight excluding hydrogens is 334 g/mol. The van der Waals surface area contributed by atoms with Crippen molar-refractivity contribution in [3.63, 3.8) is 0 Å². The van der Waals surface area contributed by atoms with E-state index in [0.29, 0.717) is 17.6 Å². The summed E-state index contributed by atoms with van der Waals surface area (Å²) in [7, 11) is -3.20. The second kappa shape index (κ2) is 7.10. The summed E-state index contributed by atoms with van der Waals surface area (Å²) >= 11 is 1.45. The molecule has 1 heterocycles. The van der Waals surface area contributed by atoms with E-state index in [4.69, 9.17) is 0 Å². The smallest absolute Gasteiger partial charge is 0.321 e. The number of sulfone groups is 1. The zero-order chi connectivity index (χ0) is 17.0. The Labute approximate surface area is 139 Å². The fourth-order valence-corrected chi connectivity index (χ4v) is 3.23. The van der Waals surface area contributed by atoms with E-state index in [9.17, 15) is 13.2 Å². The summed E-state index contributed by atoms with van der Waals surface area (Å²) in [5.41, 5.74) is 0.814. The van der Waals surface area contributed by atoms with E-state index in [1.807, 2.05) is 0 Å². The van der Waals surface area contributed by atoms with Crippen LogP contribution in [0.3, 0.4) is 0 Å². The van der Waals surface area contributed by atoms with Gasteiger partial charge >= 0.3 is 6.03 Å². The summed E-state index contributed by atoms with van der Waals surface area (Å²) < 4.78 is 22.8. The predicted octanol–water partition coefficient (Wildman–Crippen LogP) is 2.99. The first kappa shape index (κ1) is 17.4. The number of hydrogen-bond donors (Lipinski definition) is 2. The highest BCUT2D eigenvalue weighted by molar-refractivity contribution is 7.90. The molecule has 0 aliphatic carbocycles. The number of carbonyl (C=O) groups excluding carboxylic acids is 1. The number of anilines is 1. The average molecular weight is 353 g/mol. The minimum atomic E-state index is -3.20. The number of urea groups is 1. The van der Waals surface area contributed by atoms with Crippen molar-refractivity contribution in [3.8, 4) is 0 Å². The number of nitrogens with zero attached hydrogens (tertiary/aromatic N) is 1. The summed E-state index contributed by atoms with van der Waals surface area (Å²) in [5.74, 6) is 0.375. The van der Waals surface area contributed by atoms with Crippen LogP contribution in [-0.2, 0) is 16.4 Å². The van der Waals surface area contributed by atoms with Crippen molar-refractivity contribution in [2.75, 3.05) is 11.6 Å². The molecule has 0 spiro atoms. The Morgan fingerprint density at radius 2 is 1.91 bits per heavy atom. The molecular formula is C15H19N3O3S2. The molecule has 0 atom stereocenters. The molecule has 0 unspecified atom stereocenters. The van der Waals surface area contributed by atoms with Crippen molar-refractivity contribution in [1.82, 2.24) is 10.3 Å². The quantitative estimate of drug-likeness (QED) is 0.865. The molecule has 23 heavy (non-hydrogen) atoms. The monoisotopic (exact) mass is 353 g/mol. The molecule has 2 aromatic rings. The fourth-order valence-electron chi connectivity index (χ4n) is 1.79. The van der Waals surface area contributed by atoms with Crippen LogP contribution in [0.25, 0.3) is 0 Å². The molecule has 0 fully saturated rings. The fraction of sp³-hybridized carbons (Fsp3) is 0.333. The number of thiazole rings is 1. The summed E-state index contributed by atoms with van der Waals surface area (Å²) in [5, 5.41) is 5.95. The molecule has 2 amide bonds. The Morgan fingerprint density at radius 3 is 2.43 bits per heavy atom. The highest BCUT2D eigenvalue weighted by atomic mass is 32.2. The Bertz CT molecular complexity index is 781. The molecule has 2 rings (SSSR count). The second-order valence-corrected chi connectivity index (χ2v) is 8.52. The lowest BCUT2D eigenvalue weighted by Crippen LogP contribution is -2.28. The zero-order valence-corrected chi connectivity index (χ0v) is 14.8. The van der Waals surface area contributed by atoms with Crippen LogP contribution < -0.4 is 10.6 Å². The van der Waals surface area contributed by atoms with Crippen LogP contribution in [0.4, 0.5) is 9.93 Å². The molecule has 8 heteroatoms. The van der Waals surface area contributed by atoms with Crippen LogP contribution in [0.5, 0.6) is 0 Å². The van der Waals surface area contributed by atoms with Gasteiger partial charge in [-0.05, 0) is 23.6 Å². The Balaban J connectivity index is 1.88. The van der Waals surface area contributed by atoms with Gasteiger partial charge in [0.25, 0.3) is 0 Å². The average Bonchev–Trinajstić information content (AvgIpc) is 2.93. The van der Waals surface area contributed by atoms with Crippen molar-refractivity contribution in [2.24, 2.45) is 0 Å². The third kappa shape index (κ3) is 5.04. The maximum absolute atomic E-state index is 11.8. The number of amides is 2. The largest absolute Gasteiger partial charge is 0.334 e. The lowest BCUT2D eigenvalue weighted by atomic mass is 10.2. The van der Waals surface area contributed by atoms with Gasteiger partial charge in [-0.25, -0.2) is 18.2 Å². The van der Waals surface area contributed by atoms with Crippen LogP contribution in [0.15, 0.2) is 35.4 Å². The van der Waals surface area contributed by atoms with Gasteiger partial charge in [0.05, 0.1) is 4.90 Å². The van der Waals surface area contributed by atoms with Gasteiger partial charge < -0.3 is 5.32 Å². The zero-order valence-electron chi connectivity index (χ0n) is 13.2. The van der Waals surface area contributed by atoms with Crippen molar-refractivity contribution in [2.45, 2.75) is 31.2 Å². The molecule has 2 N–H and O–H groups in total. The standard InChI is InChI=1S/C15H19N3O3S2/c1-10(2)13-9-17-15(22-13)18-14(19)16-8-11-4-6-12(7-5-11)23(3,20)21/h4-7,9-10H,8H2,1-3H3,(H2,16,17,18,19). The first-order chi connectivity index (χ1) is 10.8. The van der Waals surface area contributed by atoms with Gasteiger partial charge in [0, 0.05) is 23.9 Å². The van der Waals surface area contributed by atoms with E-state index in [0.717, 1.165) is 16.7 Å². The Hall–Kier alpha value is -1.93. The van der Waals surface area contributed by atoms with Crippen LogP contribution in [-0.4, -0.2) is 25.7 Å². The highest BCUT2D eigenvalue weighted by Gasteiger charge is 2.09. The van der Waals surface area contributed by atoms with E-state index in [2.05, 4.69) is 29.5 Å².